The Bertz CT molecular complexity index is 1070. The number of carboxylic acids is 1. The Hall–Kier alpha value is -2.62. The predicted octanol–water partition coefficient (Wildman–Crippen LogP) is 6.79. The van der Waals surface area contributed by atoms with E-state index >= 15 is 0 Å². The van der Waals surface area contributed by atoms with Crippen LogP contribution in [0.25, 0.3) is 0 Å². The third-order valence-corrected chi connectivity index (χ3v) is 7.13. The monoisotopic (exact) mass is 463 g/mol. The average molecular weight is 464 g/mol. The predicted molar refractivity (Wildman–Crippen MR) is 137 cm³/mol. The van der Waals surface area contributed by atoms with E-state index < -0.39 is 11.3 Å². The molecule has 0 fully saturated rings. The number of aliphatic carboxylic acids is 1. The number of alkyl halides is 1. The summed E-state index contributed by atoms with van der Waals surface area (Å²) in [5.41, 5.74) is 8.46. The first kappa shape index (κ1) is 25.0. The first-order valence-corrected chi connectivity index (χ1v) is 11.9. The Morgan fingerprint density at radius 3 is 2.03 bits per heavy atom. The zero-order valence-electron chi connectivity index (χ0n) is 20.2. The van der Waals surface area contributed by atoms with Gasteiger partial charge in [-0.15, -0.1) is 11.6 Å². The molecular weight excluding hydrogens is 430 g/mol. The van der Waals surface area contributed by atoms with E-state index in [-0.39, 0.29) is 12.0 Å². The molecular formula is C29H34ClNO2. The average Bonchev–Trinajstić information content (AvgIpc) is 2.77. The maximum absolute atomic E-state index is 12.0. The molecule has 0 saturated carbocycles. The summed E-state index contributed by atoms with van der Waals surface area (Å²) in [7, 11) is 0. The first-order valence-electron chi connectivity index (χ1n) is 11.5. The number of hydrogen-bond acceptors (Lipinski definition) is 2. The molecule has 0 saturated heterocycles. The summed E-state index contributed by atoms with van der Waals surface area (Å²) < 4.78 is 0. The molecule has 3 rings (SSSR count). The number of nitrogens with zero attached hydrogens (tertiary/aromatic N) is 1. The fourth-order valence-electron chi connectivity index (χ4n) is 4.76. The summed E-state index contributed by atoms with van der Waals surface area (Å²) in [6, 6.07) is 22.5. The molecule has 0 aliphatic heterocycles. The summed E-state index contributed by atoms with van der Waals surface area (Å²) in [4.78, 5) is 14.4. The molecule has 3 nitrogen and oxygen atoms in total. The molecule has 33 heavy (non-hydrogen) atoms. The third-order valence-electron chi connectivity index (χ3n) is 6.67. The van der Waals surface area contributed by atoms with Gasteiger partial charge in [-0.1, -0.05) is 72.3 Å². The molecule has 0 aromatic heterocycles. The van der Waals surface area contributed by atoms with Crippen molar-refractivity contribution in [3.8, 4) is 0 Å². The lowest BCUT2D eigenvalue weighted by Gasteiger charge is -2.37. The molecule has 3 atom stereocenters. The van der Waals surface area contributed by atoms with Crippen LogP contribution < -0.4 is 0 Å². The lowest BCUT2D eigenvalue weighted by molar-refractivity contribution is -0.137. The van der Waals surface area contributed by atoms with E-state index in [9.17, 15) is 9.90 Å². The van der Waals surface area contributed by atoms with E-state index in [2.05, 4.69) is 69.9 Å². The molecule has 0 amide bonds. The summed E-state index contributed by atoms with van der Waals surface area (Å²) >= 11 is 6.55. The minimum atomic E-state index is -1.03. The third kappa shape index (κ3) is 6.04. The minimum absolute atomic E-state index is 0.106. The van der Waals surface area contributed by atoms with Crippen LogP contribution in [0.3, 0.4) is 0 Å². The van der Waals surface area contributed by atoms with Gasteiger partial charge in [-0.3, -0.25) is 9.69 Å². The maximum atomic E-state index is 12.0. The second-order valence-electron chi connectivity index (χ2n) is 9.13. The van der Waals surface area contributed by atoms with Crippen molar-refractivity contribution < 1.29 is 9.90 Å². The van der Waals surface area contributed by atoms with Gasteiger partial charge in [-0.05, 0) is 68.0 Å². The number of hydrogen-bond donors (Lipinski definition) is 1. The van der Waals surface area contributed by atoms with E-state index in [0.717, 1.165) is 12.1 Å². The molecule has 1 unspecified atom stereocenters. The van der Waals surface area contributed by atoms with Crippen molar-refractivity contribution in [1.82, 2.24) is 4.90 Å². The minimum Gasteiger partial charge on any atom is -0.480 e. The highest BCUT2D eigenvalue weighted by Gasteiger charge is 2.35. The van der Waals surface area contributed by atoms with Crippen LogP contribution in [0.15, 0.2) is 66.7 Å². The second kappa shape index (κ2) is 11.0. The summed E-state index contributed by atoms with van der Waals surface area (Å²) in [6.45, 7) is 12.1. The molecule has 3 aromatic rings. The van der Waals surface area contributed by atoms with E-state index in [1.54, 1.807) is 0 Å². The zero-order chi connectivity index (χ0) is 24.1. The van der Waals surface area contributed by atoms with Crippen LogP contribution in [-0.2, 0) is 17.9 Å². The molecule has 1 N–H and O–H groups in total. The maximum Gasteiger partial charge on any atom is 0.322 e. The lowest BCUT2D eigenvalue weighted by Crippen LogP contribution is -2.42. The number of carbonyl (C=O) groups is 1. The quantitative estimate of drug-likeness (QED) is 0.355. The summed E-state index contributed by atoms with van der Waals surface area (Å²) in [5, 5.41) is 8.81. The summed E-state index contributed by atoms with van der Waals surface area (Å²) in [5.74, 6) is -1.35. The van der Waals surface area contributed by atoms with Crippen LogP contribution >= 0.6 is 11.6 Å². The Balaban J connectivity index is 2.06. The van der Waals surface area contributed by atoms with E-state index in [4.69, 9.17) is 11.6 Å². The number of benzene rings is 3. The SMILES string of the molecule is Cc1cc(C)c(CN(Cc2ccccc2C)[C@H](C)[C@H](c2ccccc2)C(Cl)C(=O)O)c(C)c1. The molecule has 0 spiro atoms. The second-order valence-corrected chi connectivity index (χ2v) is 9.60. The Morgan fingerprint density at radius 1 is 0.879 bits per heavy atom. The Morgan fingerprint density at radius 2 is 1.45 bits per heavy atom. The van der Waals surface area contributed by atoms with Gasteiger partial charge in [0.1, 0.15) is 5.38 Å². The van der Waals surface area contributed by atoms with Crippen molar-refractivity contribution in [1.29, 1.82) is 0 Å². The topological polar surface area (TPSA) is 40.5 Å². The first-order chi connectivity index (χ1) is 15.7. The van der Waals surface area contributed by atoms with Gasteiger partial charge in [-0.2, -0.15) is 0 Å². The van der Waals surface area contributed by atoms with Crippen molar-refractivity contribution in [2.45, 2.75) is 65.0 Å². The largest absolute Gasteiger partial charge is 0.480 e. The molecule has 174 valence electrons. The van der Waals surface area contributed by atoms with Crippen molar-refractivity contribution >= 4 is 17.6 Å². The number of halogens is 1. The number of rotatable bonds is 9. The Kier molecular flexibility index (Phi) is 8.34. The van der Waals surface area contributed by atoms with Crippen molar-refractivity contribution in [2.24, 2.45) is 0 Å². The van der Waals surface area contributed by atoms with Gasteiger partial charge >= 0.3 is 5.97 Å². The molecule has 0 aliphatic carbocycles. The van der Waals surface area contributed by atoms with Crippen LogP contribution in [0.1, 0.15) is 51.8 Å². The van der Waals surface area contributed by atoms with Crippen LogP contribution in [0, 0.1) is 27.7 Å². The smallest absolute Gasteiger partial charge is 0.322 e. The number of carboxylic acid groups (broad SMARTS) is 1. The zero-order valence-corrected chi connectivity index (χ0v) is 20.9. The van der Waals surface area contributed by atoms with E-state index in [0.29, 0.717) is 6.54 Å². The Labute approximate surface area is 203 Å². The molecule has 0 bridgehead atoms. The van der Waals surface area contributed by atoms with Gasteiger partial charge in [0.2, 0.25) is 0 Å². The van der Waals surface area contributed by atoms with Gasteiger partial charge in [0.25, 0.3) is 0 Å². The highest BCUT2D eigenvalue weighted by Crippen LogP contribution is 2.33. The summed E-state index contributed by atoms with van der Waals surface area (Å²) in [6.07, 6.45) is 0. The molecule has 0 heterocycles. The molecule has 0 radical (unpaired) electrons. The normalized spacial score (nSPS) is 14.2. The number of aryl methyl sites for hydroxylation is 4. The molecule has 4 heteroatoms. The van der Waals surface area contributed by atoms with Gasteiger partial charge in [0.15, 0.2) is 0 Å². The van der Waals surface area contributed by atoms with E-state index in [1.165, 1.54) is 33.4 Å². The van der Waals surface area contributed by atoms with E-state index in [1.807, 2.05) is 36.4 Å². The fraction of sp³-hybridized carbons (Fsp3) is 0.345. The standard InChI is InChI=1S/C29H34ClNO2/c1-19-15-21(3)26(22(4)16-19)18-31(17-25-14-10-9-11-20(25)2)23(5)27(28(30)29(32)33)24-12-7-6-8-13-24/h6-16,23,27-28H,17-18H2,1-5H3,(H,32,33)/t23-,27-,28?/m1/s1. The van der Waals surface area contributed by atoms with Gasteiger partial charge in [0, 0.05) is 25.0 Å². The highest BCUT2D eigenvalue weighted by atomic mass is 35.5. The van der Waals surface area contributed by atoms with Gasteiger partial charge < -0.3 is 5.11 Å². The van der Waals surface area contributed by atoms with Crippen molar-refractivity contribution in [2.75, 3.05) is 0 Å². The van der Waals surface area contributed by atoms with Gasteiger partial charge in [-0.25, -0.2) is 0 Å². The van der Waals surface area contributed by atoms with Crippen molar-refractivity contribution in [3.63, 3.8) is 0 Å². The van der Waals surface area contributed by atoms with Crippen LogP contribution in [-0.4, -0.2) is 27.4 Å². The molecule has 3 aromatic carbocycles. The van der Waals surface area contributed by atoms with Gasteiger partial charge in [0.05, 0.1) is 0 Å². The van der Waals surface area contributed by atoms with Crippen molar-refractivity contribution in [3.05, 3.63) is 106 Å². The molecule has 0 aliphatic rings. The van der Waals surface area contributed by atoms with Crippen LogP contribution in [0.4, 0.5) is 0 Å². The van der Waals surface area contributed by atoms with Crippen LogP contribution in [0.2, 0.25) is 0 Å². The fourth-order valence-corrected chi connectivity index (χ4v) is 5.12. The lowest BCUT2D eigenvalue weighted by atomic mass is 9.87. The van der Waals surface area contributed by atoms with Crippen LogP contribution in [0.5, 0.6) is 0 Å². The highest BCUT2D eigenvalue weighted by molar-refractivity contribution is 6.30.